The Morgan fingerprint density at radius 1 is 1.33 bits per heavy atom. The second-order valence-electron chi connectivity index (χ2n) is 4.81. The number of hydrogen-bond donors (Lipinski definition) is 3. The van der Waals surface area contributed by atoms with Crippen LogP contribution in [0.2, 0.25) is 0 Å². The van der Waals surface area contributed by atoms with Crippen LogP contribution in [0.1, 0.15) is 36.1 Å². The monoisotopic (exact) mass is 249 g/mol. The Morgan fingerprint density at radius 2 is 2.06 bits per heavy atom. The molecule has 3 N–H and O–H groups in total. The molecule has 0 fully saturated rings. The van der Waals surface area contributed by atoms with Crippen molar-refractivity contribution in [3.05, 3.63) is 34.9 Å². The standard InChI is InChI=1S/C14H19NO3/c1-9(16)15-7-6-13(17)14(18)12-5-3-10-2-4-11(10)8-12/h3,5,8,13-14,17-18H,2,4,6-7H2,1H3,(H,15,16). The van der Waals surface area contributed by atoms with Gasteiger partial charge in [-0.2, -0.15) is 0 Å². The average Bonchev–Trinajstić information content (AvgIpc) is 2.29. The molecule has 2 unspecified atom stereocenters. The van der Waals surface area contributed by atoms with Crippen molar-refractivity contribution in [1.82, 2.24) is 5.32 Å². The van der Waals surface area contributed by atoms with Crippen LogP contribution in [0.3, 0.4) is 0 Å². The first-order valence-electron chi connectivity index (χ1n) is 6.30. The zero-order valence-corrected chi connectivity index (χ0v) is 10.5. The van der Waals surface area contributed by atoms with Crippen molar-refractivity contribution < 1.29 is 15.0 Å². The van der Waals surface area contributed by atoms with Crippen molar-refractivity contribution in [1.29, 1.82) is 0 Å². The van der Waals surface area contributed by atoms with E-state index in [4.69, 9.17) is 0 Å². The molecule has 98 valence electrons. The maximum Gasteiger partial charge on any atom is 0.216 e. The molecule has 1 aromatic carbocycles. The van der Waals surface area contributed by atoms with Gasteiger partial charge in [-0.25, -0.2) is 0 Å². The van der Waals surface area contributed by atoms with E-state index in [1.54, 1.807) is 0 Å². The molecule has 0 saturated carbocycles. The molecule has 1 aromatic rings. The summed E-state index contributed by atoms with van der Waals surface area (Å²) in [4.78, 5) is 10.7. The summed E-state index contributed by atoms with van der Waals surface area (Å²) in [6.07, 6.45) is 0.770. The third-order valence-corrected chi connectivity index (χ3v) is 3.41. The number of fused-ring (bicyclic) bond motifs is 1. The molecule has 0 spiro atoms. The minimum absolute atomic E-state index is 0.127. The summed E-state index contributed by atoms with van der Waals surface area (Å²) in [5.74, 6) is -0.127. The predicted molar refractivity (Wildman–Crippen MR) is 68.1 cm³/mol. The molecule has 1 aliphatic rings. The summed E-state index contributed by atoms with van der Waals surface area (Å²) in [6, 6.07) is 5.84. The number of rotatable bonds is 5. The predicted octanol–water partition coefficient (Wildman–Crippen LogP) is 0.706. The largest absolute Gasteiger partial charge is 0.390 e. The normalized spacial score (nSPS) is 16.4. The van der Waals surface area contributed by atoms with Gasteiger partial charge in [0.2, 0.25) is 5.91 Å². The molecule has 4 heteroatoms. The van der Waals surface area contributed by atoms with E-state index in [0.717, 1.165) is 18.4 Å². The van der Waals surface area contributed by atoms with Gasteiger partial charge in [-0.15, -0.1) is 0 Å². The smallest absolute Gasteiger partial charge is 0.216 e. The van der Waals surface area contributed by atoms with Crippen LogP contribution >= 0.6 is 0 Å². The van der Waals surface area contributed by atoms with E-state index >= 15 is 0 Å². The Hall–Kier alpha value is -1.39. The highest BCUT2D eigenvalue weighted by atomic mass is 16.3. The zero-order valence-electron chi connectivity index (χ0n) is 10.5. The molecule has 0 bridgehead atoms. The number of benzene rings is 1. The number of aryl methyl sites for hydroxylation is 2. The molecule has 2 atom stereocenters. The van der Waals surface area contributed by atoms with Gasteiger partial charge in [-0.05, 0) is 36.0 Å². The summed E-state index contributed by atoms with van der Waals surface area (Å²) in [6.45, 7) is 1.80. The molecule has 1 amide bonds. The van der Waals surface area contributed by atoms with Crippen LogP contribution in [0, 0.1) is 0 Å². The Balaban J connectivity index is 1.90. The van der Waals surface area contributed by atoms with Crippen molar-refractivity contribution >= 4 is 5.91 Å². The first-order valence-corrected chi connectivity index (χ1v) is 6.30. The molecular formula is C14H19NO3. The van der Waals surface area contributed by atoms with Gasteiger partial charge < -0.3 is 15.5 Å². The van der Waals surface area contributed by atoms with Crippen molar-refractivity contribution in [2.75, 3.05) is 6.54 Å². The van der Waals surface area contributed by atoms with Crippen LogP contribution in [0.25, 0.3) is 0 Å². The molecule has 0 aromatic heterocycles. The lowest BCUT2D eigenvalue weighted by Crippen LogP contribution is -2.27. The summed E-state index contributed by atoms with van der Waals surface area (Å²) in [5, 5.41) is 22.5. The van der Waals surface area contributed by atoms with Crippen LogP contribution in [0.4, 0.5) is 0 Å². The maximum atomic E-state index is 10.7. The van der Waals surface area contributed by atoms with E-state index in [0.29, 0.717) is 13.0 Å². The second kappa shape index (κ2) is 5.50. The van der Waals surface area contributed by atoms with E-state index < -0.39 is 12.2 Å². The minimum atomic E-state index is -0.885. The third kappa shape index (κ3) is 2.89. The molecule has 0 saturated heterocycles. The maximum absolute atomic E-state index is 10.7. The molecule has 0 heterocycles. The lowest BCUT2D eigenvalue weighted by molar-refractivity contribution is -0.119. The van der Waals surface area contributed by atoms with Crippen LogP contribution in [-0.2, 0) is 17.6 Å². The number of carbonyl (C=O) groups is 1. The van der Waals surface area contributed by atoms with Crippen molar-refractivity contribution in [3.8, 4) is 0 Å². The van der Waals surface area contributed by atoms with E-state index in [1.807, 2.05) is 18.2 Å². The van der Waals surface area contributed by atoms with Crippen molar-refractivity contribution in [2.24, 2.45) is 0 Å². The summed E-state index contributed by atoms with van der Waals surface area (Å²) >= 11 is 0. The quantitative estimate of drug-likeness (QED) is 0.719. The fraction of sp³-hybridized carbons (Fsp3) is 0.500. The van der Waals surface area contributed by atoms with E-state index in [9.17, 15) is 15.0 Å². The third-order valence-electron chi connectivity index (χ3n) is 3.41. The Labute approximate surface area is 107 Å². The number of aliphatic hydroxyl groups excluding tert-OH is 2. The Morgan fingerprint density at radius 3 is 2.61 bits per heavy atom. The number of aliphatic hydroxyl groups is 2. The average molecular weight is 249 g/mol. The second-order valence-corrected chi connectivity index (χ2v) is 4.81. The lowest BCUT2D eigenvalue weighted by atomic mass is 9.85. The fourth-order valence-electron chi connectivity index (χ4n) is 2.18. The highest BCUT2D eigenvalue weighted by Gasteiger charge is 2.21. The van der Waals surface area contributed by atoms with Crippen LogP contribution in [-0.4, -0.2) is 28.8 Å². The summed E-state index contributed by atoms with van der Waals surface area (Å²) in [7, 11) is 0. The van der Waals surface area contributed by atoms with Gasteiger partial charge in [0.15, 0.2) is 0 Å². The topological polar surface area (TPSA) is 69.6 Å². The Kier molecular flexibility index (Phi) is 3.99. The molecule has 0 aliphatic heterocycles. The van der Waals surface area contributed by atoms with Crippen molar-refractivity contribution in [3.63, 3.8) is 0 Å². The number of amides is 1. The van der Waals surface area contributed by atoms with Gasteiger partial charge in [-0.3, -0.25) is 4.79 Å². The van der Waals surface area contributed by atoms with E-state index in [2.05, 4.69) is 5.32 Å². The number of hydrogen-bond acceptors (Lipinski definition) is 3. The van der Waals surface area contributed by atoms with Gasteiger partial charge in [-0.1, -0.05) is 18.2 Å². The highest BCUT2D eigenvalue weighted by molar-refractivity contribution is 5.72. The first kappa shape index (κ1) is 13.1. The van der Waals surface area contributed by atoms with Gasteiger partial charge >= 0.3 is 0 Å². The molecule has 2 rings (SSSR count). The molecule has 4 nitrogen and oxygen atoms in total. The van der Waals surface area contributed by atoms with E-state index in [-0.39, 0.29) is 5.91 Å². The molecular weight excluding hydrogens is 230 g/mol. The summed E-state index contributed by atoms with van der Waals surface area (Å²) in [5.41, 5.74) is 3.35. The van der Waals surface area contributed by atoms with E-state index in [1.165, 1.54) is 18.1 Å². The van der Waals surface area contributed by atoms with Gasteiger partial charge in [0.1, 0.15) is 6.10 Å². The molecule has 0 radical (unpaired) electrons. The van der Waals surface area contributed by atoms with Gasteiger partial charge in [0.05, 0.1) is 6.10 Å². The molecule has 18 heavy (non-hydrogen) atoms. The van der Waals surface area contributed by atoms with Crippen molar-refractivity contribution in [2.45, 2.75) is 38.4 Å². The summed E-state index contributed by atoms with van der Waals surface area (Å²) < 4.78 is 0. The van der Waals surface area contributed by atoms with Crippen LogP contribution < -0.4 is 5.32 Å². The first-order chi connectivity index (χ1) is 8.58. The highest BCUT2D eigenvalue weighted by Crippen LogP contribution is 2.27. The SMILES string of the molecule is CC(=O)NCCC(O)C(O)c1ccc2c(c1)CC2. The Bertz CT molecular complexity index is 445. The van der Waals surface area contributed by atoms with Gasteiger partial charge in [0, 0.05) is 13.5 Å². The zero-order chi connectivity index (χ0) is 13.1. The fourth-order valence-corrected chi connectivity index (χ4v) is 2.18. The minimum Gasteiger partial charge on any atom is -0.390 e. The van der Waals surface area contributed by atoms with Crippen LogP contribution in [0.15, 0.2) is 18.2 Å². The number of nitrogens with one attached hydrogen (secondary N) is 1. The molecule has 1 aliphatic carbocycles. The van der Waals surface area contributed by atoms with Gasteiger partial charge in [0.25, 0.3) is 0 Å². The number of carbonyl (C=O) groups excluding carboxylic acids is 1. The van der Waals surface area contributed by atoms with Crippen LogP contribution in [0.5, 0.6) is 0 Å². The lowest BCUT2D eigenvalue weighted by Gasteiger charge is -2.23.